The molecule has 0 spiro atoms. The molecule has 1 aromatic rings. The molecule has 0 radical (unpaired) electrons. The summed E-state index contributed by atoms with van der Waals surface area (Å²) in [5, 5.41) is 22.9. The number of urea groups is 1. The van der Waals surface area contributed by atoms with E-state index in [1.165, 1.54) is 6.07 Å². The quantitative estimate of drug-likeness (QED) is 0.513. The molecule has 0 fully saturated rings. The van der Waals surface area contributed by atoms with Crippen molar-refractivity contribution in [3.8, 4) is 5.75 Å². The van der Waals surface area contributed by atoms with Crippen LogP contribution < -0.4 is 16.4 Å². The number of carboxylic acid groups (broad SMARTS) is 1. The highest BCUT2D eigenvalue weighted by Crippen LogP contribution is 2.21. The third-order valence-corrected chi connectivity index (χ3v) is 2.14. The first-order chi connectivity index (χ1) is 8.90. The molecule has 19 heavy (non-hydrogen) atoms. The molecule has 1 rings (SSSR count). The molecule has 3 amide bonds. The van der Waals surface area contributed by atoms with Crippen LogP contribution in [0.3, 0.4) is 0 Å². The number of hydrogen-bond acceptors (Lipinski definition) is 4. The van der Waals surface area contributed by atoms with Gasteiger partial charge in [0.1, 0.15) is 11.3 Å². The van der Waals surface area contributed by atoms with E-state index in [2.05, 4.69) is 10.6 Å². The number of nitrogens with two attached hydrogens (primary N) is 1. The monoisotopic (exact) mass is 267 g/mol. The molecule has 102 valence electrons. The fraction of sp³-hybridized carbons (Fsp3) is 0.182. The standard InChI is InChI=1S/C11H13N3O5/c12-9(16)3-4-13-11(19)14-6-1-2-7(10(17)18)8(15)5-6/h1-2,5,15H,3-4H2,(H2,12,16)(H,17,18)(H2,13,14,19). The van der Waals surface area contributed by atoms with Crippen molar-refractivity contribution in [2.24, 2.45) is 5.73 Å². The van der Waals surface area contributed by atoms with Crippen molar-refractivity contribution in [3.63, 3.8) is 0 Å². The Labute approximate surface area is 108 Å². The van der Waals surface area contributed by atoms with Crippen LogP contribution in [-0.4, -0.2) is 34.7 Å². The second kappa shape index (κ2) is 6.24. The van der Waals surface area contributed by atoms with E-state index in [-0.39, 0.29) is 24.2 Å². The molecule has 0 aromatic heterocycles. The largest absolute Gasteiger partial charge is 0.507 e. The van der Waals surface area contributed by atoms with Gasteiger partial charge in [0, 0.05) is 24.7 Å². The van der Waals surface area contributed by atoms with Crippen molar-refractivity contribution in [1.82, 2.24) is 5.32 Å². The number of primary amides is 1. The predicted octanol–water partition coefficient (Wildman–Crippen LogP) is 0.0873. The molecular weight excluding hydrogens is 254 g/mol. The van der Waals surface area contributed by atoms with Gasteiger partial charge in [0.15, 0.2) is 0 Å². The van der Waals surface area contributed by atoms with Gasteiger partial charge in [0.05, 0.1) is 0 Å². The number of hydrogen-bond donors (Lipinski definition) is 5. The molecule has 0 aliphatic heterocycles. The average molecular weight is 267 g/mol. The second-order valence-electron chi connectivity index (χ2n) is 3.63. The van der Waals surface area contributed by atoms with Crippen LogP contribution in [0.25, 0.3) is 0 Å². The van der Waals surface area contributed by atoms with Gasteiger partial charge in [-0.05, 0) is 12.1 Å². The van der Waals surface area contributed by atoms with E-state index < -0.39 is 23.7 Å². The smallest absolute Gasteiger partial charge is 0.339 e. The third-order valence-electron chi connectivity index (χ3n) is 2.14. The highest BCUT2D eigenvalue weighted by molar-refractivity contribution is 5.94. The fourth-order valence-corrected chi connectivity index (χ4v) is 1.26. The number of aromatic carboxylic acids is 1. The Balaban J connectivity index is 2.58. The number of nitrogens with one attached hydrogen (secondary N) is 2. The predicted molar refractivity (Wildman–Crippen MR) is 65.9 cm³/mol. The molecule has 6 N–H and O–H groups in total. The second-order valence-corrected chi connectivity index (χ2v) is 3.63. The van der Waals surface area contributed by atoms with Crippen molar-refractivity contribution in [1.29, 1.82) is 0 Å². The van der Waals surface area contributed by atoms with Gasteiger partial charge in [0.25, 0.3) is 0 Å². The first-order valence-corrected chi connectivity index (χ1v) is 5.29. The first kappa shape index (κ1) is 14.3. The lowest BCUT2D eigenvalue weighted by Gasteiger charge is -2.08. The zero-order valence-electron chi connectivity index (χ0n) is 9.84. The van der Waals surface area contributed by atoms with Gasteiger partial charge in [-0.2, -0.15) is 0 Å². The van der Waals surface area contributed by atoms with Crippen molar-refractivity contribution in [2.75, 3.05) is 11.9 Å². The Hall–Kier alpha value is -2.77. The molecule has 8 heteroatoms. The number of amides is 3. The highest BCUT2D eigenvalue weighted by atomic mass is 16.4. The maximum absolute atomic E-state index is 11.4. The molecule has 0 bridgehead atoms. The minimum atomic E-state index is -1.27. The molecule has 1 aromatic carbocycles. The van der Waals surface area contributed by atoms with Gasteiger partial charge in [-0.3, -0.25) is 4.79 Å². The van der Waals surface area contributed by atoms with Gasteiger partial charge >= 0.3 is 12.0 Å². The Morgan fingerprint density at radius 1 is 1.26 bits per heavy atom. The van der Waals surface area contributed by atoms with E-state index >= 15 is 0 Å². The normalized spacial score (nSPS) is 9.68. The van der Waals surface area contributed by atoms with Gasteiger partial charge in [-0.25, -0.2) is 9.59 Å². The van der Waals surface area contributed by atoms with Gasteiger partial charge in [-0.1, -0.05) is 0 Å². The number of carboxylic acids is 1. The van der Waals surface area contributed by atoms with Crippen LogP contribution in [0, 0.1) is 0 Å². The summed E-state index contributed by atoms with van der Waals surface area (Å²) in [6.45, 7) is 0.0837. The molecule has 0 heterocycles. The van der Waals surface area contributed by atoms with Gasteiger partial charge in [0.2, 0.25) is 5.91 Å². The summed E-state index contributed by atoms with van der Waals surface area (Å²) in [6.07, 6.45) is 0.0105. The van der Waals surface area contributed by atoms with E-state index in [1.54, 1.807) is 0 Å². The Morgan fingerprint density at radius 2 is 1.95 bits per heavy atom. The molecule has 0 saturated carbocycles. The third kappa shape index (κ3) is 4.54. The van der Waals surface area contributed by atoms with Crippen molar-refractivity contribution >= 4 is 23.6 Å². The SMILES string of the molecule is NC(=O)CCNC(=O)Nc1ccc(C(=O)O)c(O)c1. The fourth-order valence-electron chi connectivity index (χ4n) is 1.26. The highest BCUT2D eigenvalue weighted by Gasteiger charge is 2.10. The van der Waals surface area contributed by atoms with Crippen LogP contribution in [-0.2, 0) is 4.79 Å². The van der Waals surface area contributed by atoms with E-state index in [0.717, 1.165) is 12.1 Å². The molecule has 0 aliphatic rings. The van der Waals surface area contributed by atoms with Crippen LogP contribution in [0.2, 0.25) is 0 Å². The minimum Gasteiger partial charge on any atom is -0.507 e. The molecule has 0 atom stereocenters. The molecule has 0 unspecified atom stereocenters. The van der Waals surface area contributed by atoms with Crippen LogP contribution in [0.5, 0.6) is 5.75 Å². The number of rotatable bonds is 5. The van der Waals surface area contributed by atoms with Crippen LogP contribution in [0.1, 0.15) is 16.8 Å². The maximum atomic E-state index is 11.4. The number of anilines is 1. The number of aromatic hydroxyl groups is 1. The van der Waals surface area contributed by atoms with Crippen LogP contribution in [0.15, 0.2) is 18.2 Å². The lowest BCUT2D eigenvalue weighted by Crippen LogP contribution is -2.31. The summed E-state index contributed by atoms with van der Waals surface area (Å²) in [6, 6.07) is 3.01. The Morgan fingerprint density at radius 3 is 2.47 bits per heavy atom. The van der Waals surface area contributed by atoms with Crippen molar-refractivity contribution in [3.05, 3.63) is 23.8 Å². The molecule has 8 nitrogen and oxygen atoms in total. The summed E-state index contributed by atoms with van der Waals surface area (Å²) >= 11 is 0. The summed E-state index contributed by atoms with van der Waals surface area (Å²) in [5.74, 6) is -2.26. The summed E-state index contributed by atoms with van der Waals surface area (Å²) in [7, 11) is 0. The Kier molecular flexibility index (Phi) is 4.69. The number of phenols is 1. The van der Waals surface area contributed by atoms with Crippen LogP contribution >= 0.6 is 0 Å². The van der Waals surface area contributed by atoms with Crippen molar-refractivity contribution in [2.45, 2.75) is 6.42 Å². The van der Waals surface area contributed by atoms with E-state index in [4.69, 9.17) is 10.8 Å². The number of carbonyl (C=O) groups is 3. The molecular formula is C11H13N3O5. The maximum Gasteiger partial charge on any atom is 0.339 e. The summed E-state index contributed by atoms with van der Waals surface area (Å²) in [4.78, 5) is 32.5. The zero-order valence-corrected chi connectivity index (χ0v) is 9.84. The summed E-state index contributed by atoms with van der Waals surface area (Å²) in [5.41, 5.74) is 4.85. The van der Waals surface area contributed by atoms with Gasteiger partial charge < -0.3 is 26.6 Å². The lowest BCUT2D eigenvalue weighted by atomic mass is 10.2. The van der Waals surface area contributed by atoms with E-state index in [0.29, 0.717) is 0 Å². The summed E-state index contributed by atoms with van der Waals surface area (Å²) < 4.78 is 0. The van der Waals surface area contributed by atoms with Gasteiger partial charge in [-0.15, -0.1) is 0 Å². The Bertz CT molecular complexity index is 515. The lowest BCUT2D eigenvalue weighted by molar-refractivity contribution is -0.117. The molecule has 0 aliphatic carbocycles. The molecule has 0 saturated heterocycles. The minimum absolute atomic E-state index is 0.0105. The number of carbonyl (C=O) groups excluding carboxylic acids is 2. The number of benzene rings is 1. The van der Waals surface area contributed by atoms with E-state index in [9.17, 15) is 19.5 Å². The topological polar surface area (TPSA) is 142 Å². The van der Waals surface area contributed by atoms with Crippen molar-refractivity contribution < 1.29 is 24.6 Å². The van der Waals surface area contributed by atoms with Crippen LogP contribution in [0.4, 0.5) is 10.5 Å². The average Bonchev–Trinajstić information content (AvgIpc) is 2.27. The van der Waals surface area contributed by atoms with E-state index in [1.807, 2.05) is 0 Å². The zero-order chi connectivity index (χ0) is 14.4. The first-order valence-electron chi connectivity index (χ1n) is 5.29.